The smallest absolute Gasteiger partial charge is 0.335 e. The van der Waals surface area contributed by atoms with Gasteiger partial charge in [-0.05, 0) is 49.8 Å². The van der Waals surface area contributed by atoms with E-state index in [0.717, 1.165) is 24.8 Å². The number of hydrogen-bond acceptors (Lipinski definition) is 2. The summed E-state index contributed by atoms with van der Waals surface area (Å²) in [6, 6.07) is 6.28. The van der Waals surface area contributed by atoms with Gasteiger partial charge in [0.1, 0.15) is 0 Å². The Balaban J connectivity index is 1.66. The molecule has 0 saturated carbocycles. The van der Waals surface area contributed by atoms with Crippen LogP contribution in [0.2, 0.25) is 0 Å². The highest BCUT2D eigenvalue weighted by atomic mass is 16.4. The number of hydrogen-bond donors (Lipinski definition) is 3. The predicted octanol–water partition coefficient (Wildman–Crippen LogP) is 3.07. The molecule has 0 atom stereocenters. The summed E-state index contributed by atoms with van der Waals surface area (Å²) in [5.41, 5.74) is 2.56. The van der Waals surface area contributed by atoms with Crippen LogP contribution < -0.4 is 10.6 Å². The molecular formula is C17H22N2O3. The van der Waals surface area contributed by atoms with Crippen molar-refractivity contribution in [2.45, 2.75) is 38.6 Å². The van der Waals surface area contributed by atoms with E-state index in [0.29, 0.717) is 13.1 Å². The van der Waals surface area contributed by atoms with Crippen LogP contribution in [0.3, 0.4) is 0 Å². The molecule has 0 aromatic heterocycles. The van der Waals surface area contributed by atoms with E-state index < -0.39 is 5.97 Å². The van der Waals surface area contributed by atoms with E-state index in [1.807, 2.05) is 0 Å². The number of aromatic carboxylic acids is 1. The molecule has 1 aromatic rings. The normalized spacial score (nSPS) is 14.1. The van der Waals surface area contributed by atoms with Crippen LogP contribution in [-0.4, -0.2) is 23.7 Å². The molecule has 0 bridgehead atoms. The Morgan fingerprint density at radius 3 is 2.50 bits per heavy atom. The van der Waals surface area contributed by atoms with Crippen molar-refractivity contribution in [2.75, 3.05) is 6.54 Å². The summed E-state index contributed by atoms with van der Waals surface area (Å²) in [4.78, 5) is 22.4. The Morgan fingerprint density at radius 2 is 1.86 bits per heavy atom. The first-order chi connectivity index (χ1) is 10.6. The summed E-state index contributed by atoms with van der Waals surface area (Å²) in [6.45, 7) is 1.03. The highest BCUT2D eigenvalue weighted by Crippen LogP contribution is 2.19. The quantitative estimate of drug-likeness (QED) is 0.707. The largest absolute Gasteiger partial charge is 0.478 e. The zero-order valence-corrected chi connectivity index (χ0v) is 12.6. The molecule has 2 amide bonds. The highest BCUT2D eigenvalue weighted by Gasteiger charge is 2.05. The van der Waals surface area contributed by atoms with Gasteiger partial charge in [0.15, 0.2) is 0 Å². The number of amides is 2. The summed E-state index contributed by atoms with van der Waals surface area (Å²) in [7, 11) is 0. The molecule has 5 heteroatoms. The minimum Gasteiger partial charge on any atom is -0.478 e. The van der Waals surface area contributed by atoms with Crippen molar-refractivity contribution in [2.24, 2.45) is 0 Å². The molecular weight excluding hydrogens is 280 g/mol. The maximum Gasteiger partial charge on any atom is 0.335 e. The molecule has 1 aromatic carbocycles. The van der Waals surface area contributed by atoms with Gasteiger partial charge in [0, 0.05) is 13.1 Å². The summed E-state index contributed by atoms with van der Waals surface area (Å²) < 4.78 is 0. The zero-order chi connectivity index (χ0) is 15.8. The first-order valence-corrected chi connectivity index (χ1v) is 7.67. The molecule has 1 aliphatic rings. The Kier molecular flexibility index (Phi) is 6.01. The number of rotatable bonds is 6. The van der Waals surface area contributed by atoms with E-state index in [4.69, 9.17) is 5.11 Å². The number of carboxylic acid groups (broad SMARTS) is 1. The van der Waals surface area contributed by atoms with Gasteiger partial charge >= 0.3 is 12.0 Å². The second-order valence-electron chi connectivity index (χ2n) is 5.47. The zero-order valence-electron chi connectivity index (χ0n) is 12.6. The topological polar surface area (TPSA) is 78.4 Å². The lowest BCUT2D eigenvalue weighted by Crippen LogP contribution is -2.35. The molecule has 0 unspecified atom stereocenters. The molecule has 118 valence electrons. The van der Waals surface area contributed by atoms with Gasteiger partial charge < -0.3 is 15.7 Å². The van der Waals surface area contributed by atoms with E-state index in [1.165, 1.54) is 30.5 Å². The average molecular weight is 302 g/mol. The average Bonchev–Trinajstić information content (AvgIpc) is 2.54. The maximum absolute atomic E-state index is 11.7. The van der Waals surface area contributed by atoms with Crippen molar-refractivity contribution in [1.29, 1.82) is 0 Å². The molecule has 0 heterocycles. The van der Waals surface area contributed by atoms with Crippen LogP contribution in [0.25, 0.3) is 0 Å². The highest BCUT2D eigenvalue weighted by molar-refractivity contribution is 5.87. The van der Waals surface area contributed by atoms with Crippen LogP contribution in [0, 0.1) is 0 Å². The molecule has 0 spiro atoms. The van der Waals surface area contributed by atoms with Crippen molar-refractivity contribution in [3.8, 4) is 0 Å². The van der Waals surface area contributed by atoms with Crippen molar-refractivity contribution in [3.05, 3.63) is 47.0 Å². The van der Waals surface area contributed by atoms with Gasteiger partial charge in [-0.2, -0.15) is 0 Å². The van der Waals surface area contributed by atoms with Crippen LogP contribution in [0.1, 0.15) is 48.0 Å². The summed E-state index contributed by atoms with van der Waals surface area (Å²) >= 11 is 0. The second kappa shape index (κ2) is 8.22. The van der Waals surface area contributed by atoms with Gasteiger partial charge in [0.25, 0.3) is 0 Å². The first-order valence-electron chi connectivity index (χ1n) is 7.67. The van der Waals surface area contributed by atoms with Crippen LogP contribution in [-0.2, 0) is 6.54 Å². The predicted molar refractivity (Wildman–Crippen MR) is 84.8 cm³/mol. The number of benzene rings is 1. The van der Waals surface area contributed by atoms with Crippen LogP contribution in [0.15, 0.2) is 35.9 Å². The minimum atomic E-state index is -0.950. The fourth-order valence-electron chi connectivity index (χ4n) is 2.48. The van der Waals surface area contributed by atoms with Gasteiger partial charge in [-0.3, -0.25) is 0 Å². The number of nitrogens with one attached hydrogen (secondary N) is 2. The Morgan fingerprint density at radius 1 is 1.09 bits per heavy atom. The second-order valence-corrected chi connectivity index (χ2v) is 5.47. The third kappa shape index (κ3) is 5.24. The number of urea groups is 1. The number of allylic oxidation sites excluding steroid dienone is 1. The van der Waals surface area contributed by atoms with Crippen molar-refractivity contribution in [3.63, 3.8) is 0 Å². The molecule has 0 fully saturated rings. The molecule has 3 N–H and O–H groups in total. The Hall–Kier alpha value is -2.30. The minimum absolute atomic E-state index is 0.196. The van der Waals surface area contributed by atoms with Gasteiger partial charge in [-0.15, -0.1) is 0 Å². The molecule has 0 aliphatic heterocycles. The molecule has 5 nitrogen and oxygen atoms in total. The SMILES string of the molecule is O=C(NCCC1=CCCCC1)NCc1ccc(C(=O)O)cc1. The molecule has 1 aliphatic carbocycles. The summed E-state index contributed by atoms with van der Waals surface area (Å²) in [5.74, 6) is -0.950. The van der Waals surface area contributed by atoms with E-state index in [2.05, 4.69) is 16.7 Å². The van der Waals surface area contributed by atoms with Gasteiger partial charge in [0.05, 0.1) is 5.56 Å². The van der Waals surface area contributed by atoms with Crippen LogP contribution >= 0.6 is 0 Å². The van der Waals surface area contributed by atoms with E-state index >= 15 is 0 Å². The lowest BCUT2D eigenvalue weighted by atomic mass is 9.97. The third-order valence-corrected chi connectivity index (χ3v) is 3.77. The Labute approximate surface area is 130 Å². The number of carboxylic acids is 1. The molecule has 22 heavy (non-hydrogen) atoms. The van der Waals surface area contributed by atoms with Crippen molar-refractivity contribution in [1.82, 2.24) is 10.6 Å². The van der Waals surface area contributed by atoms with Gasteiger partial charge in [-0.1, -0.05) is 23.8 Å². The van der Waals surface area contributed by atoms with E-state index in [1.54, 1.807) is 12.1 Å². The van der Waals surface area contributed by atoms with Crippen LogP contribution in [0.5, 0.6) is 0 Å². The molecule has 0 radical (unpaired) electrons. The maximum atomic E-state index is 11.7. The molecule has 0 saturated heterocycles. The first kappa shape index (κ1) is 16.1. The lowest BCUT2D eigenvalue weighted by Gasteiger charge is -2.13. The van der Waals surface area contributed by atoms with E-state index in [9.17, 15) is 9.59 Å². The fourth-order valence-corrected chi connectivity index (χ4v) is 2.48. The lowest BCUT2D eigenvalue weighted by molar-refractivity contribution is 0.0697. The number of carbonyl (C=O) groups is 2. The van der Waals surface area contributed by atoms with Gasteiger partial charge in [-0.25, -0.2) is 9.59 Å². The third-order valence-electron chi connectivity index (χ3n) is 3.77. The summed E-state index contributed by atoms with van der Waals surface area (Å²) in [6.07, 6.45) is 8.05. The number of carbonyl (C=O) groups excluding carboxylic acids is 1. The monoisotopic (exact) mass is 302 g/mol. The standard InChI is InChI=1S/C17H22N2O3/c20-16(21)15-8-6-14(7-9-15)12-19-17(22)18-11-10-13-4-2-1-3-5-13/h4,6-9H,1-3,5,10-12H2,(H,20,21)(H2,18,19,22). The fraction of sp³-hybridized carbons (Fsp3) is 0.412. The van der Waals surface area contributed by atoms with Crippen molar-refractivity contribution < 1.29 is 14.7 Å². The Bertz CT molecular complexity index is 550. The van der Waals surface area contributed by atoms with Gasteiger partial charge in [0.2, 0.25) is 0 Å². The summed E-state index contributed by atoms with van der Waals surface area (Å²) in [5, 5.41) is 14.4. The van der Waals surface area contributed by atoms with Crippen LogP contribution in [0.4, 0.5) is 4.79 Å². The molecule has 2 rings (SSSR count). The van der Waals surface area contributed by atoms with E-state index in [-0.39, 0.29) is 11.6 Å². The van der Waals surface area contributed by atoms with Crippen molar-refractivity contribution >= 4 is 12.0 Å².